The summed E-state index contributed by atoms with van der Waals surface area (Å²) in [6.07, 6.45) is 11.7. The Labute approximate surface area is 183 Å². The van der Waals surface area contributed by atoms with Crippen molar-refractivity contribution in [3.8, 4) is 0 Å². The fourth-order valence-corrected chi connectivity index (χ4v) is 3.81. The lowest BCUT2D eigenvalue weighted by atomic mass is 10.2. The van der Waals surface area contributed by atoms with Crippen molar-refractivity contribution in [1.29, 1.82) is 0 Å². The second-order valence-corrected chi connectivity index (χ2v) is 7.96. The monoisotopic (exact) mass is 417 g/mol. The molecule has 3 heterocycles. The van der Waals surface area contributed by atoms with Gasteiger partial charge in [0.15, 0.2) is 0 Å². The molecule has 0 aromatic heterocycles. The molecule has 0 saturated carbocycles. The van der Waals surface area contributed by atoms with Crippen LogP contribution < -0.4 is 4.90 Å². The van der Waals surface area contributed by atoms with Crippen LogP contribution in [0.5, 0.6) is 0 Å². The summed E-state index contributed by atoms with van der Waals surface area (Å²) in [7, 11) is 7.91. The predicted molar refractivity (Wildman–Crippen MR) is 121 cm³/mol. The van der Waals surface area contributed by atoms with Crippen LogP contribution in [0.1, 0.15) is 0 Å². The summed E-state index contributed by atoms with van der Waals surface area (Å²) in [5, 5.41) is 0. The van der Waals surface area contributed by atoms with E-state index in [1.165, 1.54) is 4.90 Å². The Morgan fingerprint density at radius 2 is 1.16 bits per heavy atom. The van der Waals surface area contributed by atoms with Crippen LogP contribution in [0.4, 0.5) is 5.69 Å². The van der Waals surface area contributed by atoms with Crippen LogP contribution in [0, 0.1) is 0 Å². The van der Waals surface area contributed by atoms with Gasteiger partial charge in [-0.15, -0.1) is 0 Å². The standard InChI is InChI=1S/C24H27N5O2/c1-25(2)18-10-14-27(15-11-18)21-22(28-16-12-19(13-17-28)26(3)4)24(31)29(23(21)30)20-8-6-5-7-9-20/h5-14,16H,15,17H2,1-4H3. The van der Waals surface area contributed by atoms with Crippen molar-refractivity contribution in [3.63, 3.8) is 0 Å². The number of anilines is 1. The number of rotatable bonds is 5. The molecule has 0 atom stereocenters. The first-order chi connectivity index (χ1) is 14.9. The molecule has 0 fully saturated rings. The van der Waals surface area contributed by atoms with Gasteiger partial charge >= 0.3 is 0 Å². The van der Waals surface area contributed by atoms with Gasteiger partial charge in [0.25, 0.3) is 11.8 Å². The van der Waals surface area contributed by atoms with Crippen LogP contribution in [0.15, 0.2) is 89.8 Å². The Bertz CT molecular complexity index is 983. The van der Waals surface area contributed by atoms with E-state index in [4.69, 9.17) is 0 Å². The molecule has 0 aliphatic carbocycles. The largest absolute Gasteiger partial charge is 0.378 e. The number of benzene rings is 1. The van der Waals surface area contributed by atoms with E-state index < -0.39 is 0 Å². The number of amides is 2. The molecule has 0 spiro atoms. The third kappa shape index (κ3) is 3.74. The molecule has 0 radical (unpaired) electrons. The number of para-hydroxylation sites is 1. The van der Waals surface area contributed by atoms with E-state index in [0.717, 1.165) is 11.4 Å². The third-order valence-electron chi connectivity index (χ3n) is 5.50. The molecule has 7 heteroatoms. The molecular formula is C24H27N5O2. The zero-order chi connectivity index (χ0) is 22.1. The van der Waals surface area contributed by atoms with Crippen molar-refractivity contribution in [2.75, 3.05) is 46.2 Å². The number of carbonyl (C=O) groups excluding carboxylic acids is 2. The zero-order valence-corrected chi connectivity index (χ0v) is 18.3. The first-order valence-electron chi connectivity index (χ1n) is 10.2. The summed E-state index contributed by atoms with van der Waals surface area (Å²) in [5.74, 6) is -0.623. The Morgan fingerprint density at radius 3 is 1.52 bits per heavy atom. The number of likely N-dealkylation sites (N-methyl/N-ethyl adjacent to an activating group) is 2. The van der Waals surface area contributed by atoms with E-state index in [-0.39, 0.29) is 11.8 Å². The van der Waals surface area contributed by atoms with Crippen molar-refractivity contribution in [2.24, 2.45) is 0 Å². The molecule has 1 aromatic rings. The van der Waals surface area contributed by atoms with Gasteiger partial charge in [0.1, 0.15) is 11.4 Å². The van der Waals surface area contributed by atoms with E-state index in [1.807, 2.05) is 103 Å². The molecule has 0 saturated heterocycles. The average Bonchev–Trinajstić information content (AvgIpc) is 3.04. The Balaban J connectivity index is 1.73. The number of carbonyl (C=O) groups is 2. The zero-order valence-electron chi connectivity index (χ0n) is 18.3. The first-order valence-corrected chi connectivity index (χ1v) is 10.2. The van der Waals surface area contributed by atoms with Crippen LogP contribution >= 0.6 is 0 Å². The summed E-state index contributed by atoms with van der Waals surface area (Å²) in [6, 6.07) is 9.08. The Morgan fingerprint density at radius 1 is 0.710 bits per heavy atom. The first kappa shape index (κ1) is 20.5. The maximum atomic E-state index is 13.5. The van der Waals surface area contributed by atoms with Crippen LogP contribution in [0.3, 0.4) is 0 Å². The van der Waals surface area contributed by atoms with Gasteiger partial charge in [-0.3, -0.25) is 9.59 Å². The summed E-state index contributed by atoms with van der Waals surface area (Å²) < 4.78 is 0. The van der Waals surface area contributed by atoms with Crippen molar-refractivity contribution in [3.05, 3.63) is 89.8 Å². The minimum Gasteiger partial charge on any atom is -0.378 e. The average molecular weight is 418 g/mol. The lowest BCUT2D eigenvalue weighted by Gasteiger charge is -2.29. The molecule has 3 aliphatic heterocycles. The molecule has 160 valence electrons. The molecule has 31 heavy (non-hydrogen) atoms. The number of nitrogens with zero attached hydrogens (tertiary/aromatic N) is 5. The van der Waals surface area contributed by atoms with Crippen molar-refractivity contribution < 1.29 is 9.59 Å². The fourth-order valence-electron chi connectivity index (χ4n) is 3.81. The molecule has 3 aliphatic rings. The minimum atomic E-state index is -0.312. The Kier molecular flexibility index (Phi) is 5.42. The van der Waals surface area contributed by atoms with Gasteiger partial charge in [-0.1, -0.05) is 18.2 Å². The molecule has 4 rings (SSSR count). The fraction of sp³-hybridized carbons (Fsp3) is 0.250. The van der Waals surface area contributed by atoms with Crippen molar-refractivity contribution >= 4 is 17.5 Å². The number of hydrogen-bond acceptors (Lipinski definition) is 6. The van der Waals surface area contributed by atoms with Crippen LogP contribution in [0.2, 0.25) is 0 Å². The van der Waals surface area contributed by atoms with Gasteiger partial charge in [-0.05, 0) is 36.4 Å². The summed E-state index contributed by atoms with van der Waals surface area (Å²) in [5.41, 5.74) is 3.48. The van der Waals surface area contributed by atoms with E-state index in [9.17, 15) is 9.59 Å². The third-order valence-corrected chi connectivity index (χ3v) is 5.50. The molecule has 0 bridgehead atoms. The van der Waals surface area contributed by atoms with Gasteiger partial charge in [-0.25, -0.2) is 4.90 Å². The molecule has 2 amide bonds. The maximum absolute atomic E-state index is 13.5. The normalized spacial score (nSPS) is 18.6. The number of hydrogen-bond donors (Lipinski definition) is 0. The van der Waals surface area contributed by atoms with Crippen molar-refractivity contribution in [1.82, 2.24) is 19.6 Å². The second kappa shape index (κ2) is 8.18. The summed E-state index contributed by atoms with van der Waals surface area (Å²) in [4.78, 5) is 36.0. The molecule has 0 unspecified atom stereocenters. The summed E-state index contributed by atoms with van der Waals surface area (Å²) >= 11 is 0. The lowest BCUT2D eigenvalue weighted by Crippen LogP contribution is -2.35. The van der Waals surface area contributed by atoms with E-state index in [0.29, 0.717) is 30.2 Å². The highest BCUT2D eigenvalue weighted by atomic mass is 16.2. The minimum absolute atomic E-state index is 0.312. The highest BCUT2D eigenvalue weighted by Crippen LogP contribution is 2.33. The smallest absolute Gasteiger partial charge is 0.284 e. The van der Waals surface area contributed by atoms with Crippen LogP contribution in [-0.2, 0) is 9.59 Å². The molecular weight excluding hydrogens is 390 g/mol. The molecule has 0 N–H and O–H groups in total. The van der Waals surface area contributed by atoms with E-state index in [2.05, 4.69) is 0 Å². The predicted octanol–water partition coefficient (Wildman–Crippen LogP) is 2.32. The van der Waals surface area contributed by atoms with E-state index >= 15 is 0 Å². The molecule has 7 nitrogen and oxygen atoms in total. The highest BCUT2D eigenvalue weighted by Gasteiger charge is 2.44. The lowest BCUT2D eigenvalue weighted by molar-refractivity contribution is -0.121. The summed E-state index contributed by atoms with van der Waals surface area (Å²) in [6.45, 7) is 1.03. The van der Waals surface area contributed by atoms with Crippen molar-refractivity contribution in [2.45, 2.75) is 0 Å². The van der Waals surface area contributed by atoms with E-state index in [1.54, 1.807) is 12.1 Å². The van der Waals surface area contributed by atoms with Gasteiger partial charge in [0.05, 0.1) is 5.69 Å². The van der Waals surface area contributed by atoms with Crippen LogP contribution in [0.25, 0.3) is 0 Å². The Hall–Kier alpha value is -3.74. The number of allylic oxidation sites excluding steroid dienone is 2. The topological polar surface area (TPSA) is 50.3 Å². The number of imide groups is 1. The van der Waals surface area contributed by atoms with Gasteiger partial charge in [0, 0.05) is 65.1 Å². The van der Waals surface area contributed by atoms with Gasteiger partial charge in [0.2, 0.25) is 0 Å². The molecule has 1 aromatic carbocycles. The highest BCUT2D eigenvalue weighted by molar-refractivity contribution is 6.32. The quantitative estimate of drug-likeness (QED) is 0.686. The SMILES string of the molecule is CN(C)C1=CCN(C2=C(N3C=CC(N(C)C)=CC3)C(=O)N(c3ccccc3)C2=O)C=C1. The second-order valence-electron chi connectivity index (χ2n) is 7.96. The van der Waals surface area contributed by atoms with Gasteiger partial charge in [-0.2, -0.15) is 0 Å². The van der Waals surface area contributed by atoms with Crippen LogP contribution in [-0.4, -0.2) is 72.7 Å². The maximum Gasteiger partial charge on any atom is 0.284 e. The van der Waals surface area contributed by atoms with Gasteiger partial charge < -0.3 is 19.6 Å².